The van der Waals surface area contributed by atoms with E-state index < -0.39 is 33.7 Å². The van der Waals surface area contributed by atoms with Crippen LogP contribution in [-0.2, 0) is 24.4 Å². The first-order chi connectivity index (χ1) is 9.16. The average molecular weight is 352 g/mol. The van der Waals surface area contributed by atoms with Gasteiger partial charge in [0.1, 0.15) is 0 Å². The predicted molar refractivity (Wildman–Crippen MR) is 70.7 cm³/mol. The molecular formula is C11H21KO8S. The van der Waals surface area contributed by atoms with Gasteiger partial charge in [-0.05, 0) is 6.42 Å². The fourth-order valence-corrected chi connectivity index (χ4v) is 1.52. The first-order valence-corrected chi connectivity index (χ1v) is 7.51. The van der Waals surface area contributed by atoms with Crippen LogP contribution in [0.1, 0.15) is 39.5 Å². The summed E-state index contributed by atoms with van der Waals surface area (Å²) in [4.78, 5) is 20.0. The quantitative estimate of drug-likeness (QED) is 0.191. The minimum Gasteiger partial charge on any atom is -0.552 e. The zero-order valence-electron chi connectivity index (χ0n) is 12.5. The van der Waals surface area contributed by atoms with Crippen LogP contribution in [0, 0.1) is 6.61 Å². The van der Waals surface area contributed by atoms with Crippen molar-refractivity contribution in [3.05, 3.63) is 6.61 Å². The number of hydrogen-bond acceptors (Lipinski definition) is 5. The number of rotatable bonds is 9. The fraction of sp³-hybridized carbons (Fsp3) is 0.727. The molecule has 0 aliphatic rings. The molecule has 8 nitrogen and oxygen atoms in total. The first kappa shape index (κ1) is 26.3. The predicted octanol–water partition coefficient (Wildman–Crippen LogP) is -1.82. The molecule has 0 fully saturated rings. The molecule has 21 heavy (non-hydrogen) atoms. The Morgan fingerprint density at radius 2 is 1.76 bits per heavy atom. The van der Waals surface area contributed by atoms with Crippen LogP contribution in [0.15, 0.2) is 0 Å². The molecule has 0 aromatic carbocycles. The molecule has 0 spiro atoms. The summed E-state index contributed by atoms with van der Waals surface area (Å²) < 4.78 is 33.8. The van der Waals surface area contributed by atoms with Crippen molar-refractivity contribution in [1.82, 2.24) is 0 Å². The van der Waals surface area contributed by atoms with Crippen molar-refractivity contribution in [3.63, 3.8) is 0 Å². The van der Waals surface area contributed by atoms with Gasteiger partial charge in [-0.3, -0.25) is 14.1 Å². The first-order valence-electron chi connectivity index (χ1n) is 6.00. The third-order valence-electron chi connectivity index (χ3n) is 1.90. The van der Waals surface area contributed by atoms with Crippen LogP contribution in [-0.4, -0.2) is 47.0 Å². The Hall–Kier alpha value is 0.446. The summed E-state index contributed by atoms with van der Waals surface area (Å²) in [5.41, 5.74) is 0. The molecule has 0 aromatic heterocycles. The SMILES string of the molecule is CC[CH-]OCCCC.O=C(O)CC(C(=O)O)S(=O)(=O)O.[K+]. The smallest absolute Gasteiger partial charge is 0.552 e. The van der Waals surface area contributed by atoms with E-state index in [9.17, 15) is 18.0 Å². The third kappa shape index (κ3) is 18.4. The summed E-state index contributed by atoms with van der Waals surface area (Å²) in [6, 6.07) is 0. The average Bonchev–Trinajstić information content (AvgIpc) is 2.31. The molecule has 0 bridgehead atoms. The minimum absolute atomic E-state index is 0. The van der Waals surface area contributed by atoms with E-state index in [1.165, 1.54) is 12.8 Å². The zero-order valence-corrected chi connectivity index (χ0v) is 16.4. The maximum absolute atomic E-state index is 10.2. The topological polar surface area (TPSA) is 138 Å². The van der Waals surface area contributed by atoms with E-state index in [0.29, 0.717) is 0 Å². The third-order valence-corrected chi connectivity index (χ3v) is 2.98. The molecule has 0 aliphatic carbocycles. The summed E-state index contributed by atoms with van der Waals surface area (Å²) in [6.45, 7) is 6.99. The Morgan fingerprint density at radius 3 is 2.00 bits per heavy atom. The van der Waals surface area contributed by atoms with E-state index >= 15 is 0 Å². The maximum atomic E-state index is 10.2. The fourth-order valence-electron chi connectivity index (χ4n) is 0.907. The second-order valence-corrected chi connectivity index (χ2v) is 5.34. The number of aliphatic carboxylic acids is 2. The van der Waals surface area contributed by atoms with E-state index in [-0.39, 0.29) is 51.4 Å². The molecule has 3 N–H and O–H groups in total. The van der Waals surface area contributed by atoms with Gasteiger partial charge in [-0.1, -0.05) is 20.3 Å². The normalized spacial score (nSPS) is 11.6. The molecule has 120 valence electrons. The maximum Gasteiger partial charge on any atom is 1.00 e. The van der Waals surface area contributed by atoms with Crippen LogP contribution < -0.4 is 51.4 Å². The van der Waals surface area contributed by atoms with E-state index in [4.69, 9.17) is 19.5 Å². The van der Waals surface area contributed by atoms with Gasteiger partial charge in [-0.15, -0.1) is 0 Å². The van der Waals surface area contributed by atoms with Gasteiger partial charge in [0, 0.05) is 6.61 Å². The van der Waals surface area contributed by atoms with E-state index in [2.05, 4.69) is 13.8 Å². The Kier molecular flexibility index (Phi) is 19.3. The van der Waals surface area contributed by atoms with Gasteiger partial charge >= 0.3 is 63.3 Å². The summed E-state index contributed by atoms with van der Waals surface area (Å²) in [6.07, 6.45) is 2.26. The van der Waals surface area contributed by atoms with E-state index in [0.717, 1.165) is 13.0 Å². The molecule has 1 atom stereocenters. The Balaban J connectivity index is -0.000000317. The van der Waals surface area contributed by atoms with Crippen molar-refractivity contribution in [2.24, 2.45) is 0 Å². The number of hydrogen-bond donors (Lipinski definition) is 3. The zero-order chi connectivity index (χ0) is 16.2. The number of unbranched alkanes of at least 4 members (excludes halogenated alkanes) is 1. The second kappa shape index (κ2) is 15.3. The Morgan fingerprint density at radius 1 is 1.24 bits per heavy atom. The van der Waals surface area contributed by atoms with E-state index in [1.807, 2.05) is 6.61 Å². The summed E-state index contributed by atoms with van der Waals surface area (Å²) >= 11 is 0. The van der Waals surface area contributed by atoms with Crippen LogP contribution in [0.2, 0.25) is 0 Å². The molecule has 0 aromatic rings. The molecule has 0 rings (SSSR count). The van der Waals surface area contributed by atoms with Gasteiger partial charge in [0.2, 0.25) is 0 Å². The standard InChI is InChI=1S/C7H15O.C4H6O7S.K/c1-3-5-7-8-6-4-2;5-3(6)1-2(4(7)8)12(9,10)11;/h6H,3-5,7H2,1-2H3;2H,1H2,(H,5,6)(H,7,8)(H,9,10,11);/q-1;;+1. The Bertz CT molecular complexity index is 376. The van der Waals surface area contributed by atoms with Crippen molar-refractivity contribution in [1.29, 1.82) is 0 Å². The summed E-state index contributed by atoms with van der Waals surface area (Å²) in [5, 5.41) is 13.9. The van der Waals surface area contributed by atoms with Crippen LogP contribution in [0.4, 0.5) is 0 Å². The molecule has 1 unspecified atom stereocenters. The summed E-state index contributed by atoms with van der Waals surface area (Å²) in [5.74, 6) is -3.50. The molecular weight excluding hydrogens is 331 g/mol. The van der Waals surface area contributed by atoms with Crippen LogP contribution in [0.3, 0.4) is 0 Å². The van der Waals surface area contributed by atoms with Crippen molar-refractivity contribution >= 4 is 22.1 Å². The number of carboxylic acid groups (broad SMARTS) is 2. The number of carbonyl (C=O) groups is 2. The van der Waals surface area contributed by atoms with Gasteiger partial charge in [-0.25, -0.2) is 6.61 Å². The molecule has 0 radical (unpaired) electrons. The number of ether oxygens (including phenoxy) is 1. The minimum atomic E-state index is -4.84. The van der Waals surface area contributed by atoms with Gasteiger partial charge in [0.15, 0.2) is 5.25 Å². The molecule has 0 saturated heterocycles. The molecule has 0 aliphatic heterocycles. The van der Waals surface area contributed by atoms with Gasteiger partial charge in [0.25, 0.3) is 10.1 Å². The summed E-state index contributed by atoms with van der Waals surface area (Å²) in [7, 11) is -4.84. The molecule has 0 saturated carbocycles. The van der Waals surface area contributed by atoms with Gasteiger partial charge in [0.05, 0.1) is 6.42 Å². The van der Waals surface area contributed by atoms with Crippen LogP contribution in [0.5, 0.6) is 0 Å². The molecule has 0 heterocycles. The largest absolute Gasteiger partial charge is 1.00 e. The van der Waals surface area contributed by atoms with Crippen molar-refractivity contribution in [2.75, 3.05) is 6.61 Å². The van der Waals surface area contributed by atoms with Crippen molar-refractivity contribution < 1.29 is 88.9 Å². The number of carboxylic acids is 2. The van der Waals surface area contributed by atoms with E-state index in [1.54, 1.807) is 0 Å². The van der Waals surface area contributed by atoms with Gasteiger partial charge in [-0.2, -0.15) is 14.8 Å². The molecule has 0 amide bonds. The second-order valence-electron chi connectivity index (χ2n) is 3.74. The van der Waals surface area contributed by atoms with Gasteiger partial charge < -0.3 is 14.9 Å². The van der Waals surface area contributed by atoms with Crippen molar-refractivity contribution in [2.45, 2.75) is 44.8 Å². The monoisotopic (exact) mass is 352 g/mol. The molecule has 10 heteroatoms. The van der Waals surface area contributed by atoms with Crippen LogP contribution in [0.25, 0.3) is 0 Å². The van der Waals surface area contributed by atoms with Crippen LogP contribution >= 0.6 is 0 Å². The van der Waals surface area contributed by atoms with Crippen molar-refractivity contribution in [3.8, 4) is 0 Å². The Labute approximate surface area is 167 Å².